The summed E-state index contributed by atoms with van der Waals surface area (Å²) in [6, 6.07) is 10.5. The maximum atomic E-state index is 12.5. The van der Waals surface area contributed by atoms with Gasteiger partial charge in [0.15, 0.2) is 11.5 Å². The summed E-state index contributed by atoms with van der Waals surface area (Å²) in [5, 5.41) is 0.0570. The maximum Gasteiger partial charge on any atom is 0.340 e. The Labute approximate surface area is 163 Å². The molecule has 0 N–H and O–H groups in total. The molecule has 0 amide bonds. The highest BCUT2D eigenvalue weighted by molar-refractivity contribution is 7.87. The number of methoxy groups -OCH3 is 1. The summed E-state index contributed by atoms with van der Waals surface area (Å²) in [4.78, 5) is 11.4. The molecule has 0 fully saturated rings. The van der Waals surface area contributed by atoms with Gasteiger partial charge in [0, 0.05) is 6.08 Å². The van der Waals surface area contributed by atoms with E-state index in [1.54, 1.807) is 24.3 Å². The second-order valence-corrected chi connectivity index (χ2v) is 7.30. The van der Waals surface area contributed by atoms with Crippen LogP contribution in [-0.2, 0) is 19.6 Å². The molecule has 2 aromatic carbocycles. The average molecular weight is 411 g/mol. The van der Waals surface area contributed by atoms with Crippen molar-refractivity contribution in [2.75, 3.05) is 13.7 Å². The summed E-state index contributed by atoms with van der Waals surface area (Å²) < 4.78 is 40.2. The SMILES string of the molecule is CCCOC(=O)C=Cc1ccc(OS(=O)(=O)c2ccccc2Cl)c(OC)c1. The van der Waals surface area contributed by atoms with E-state index in [4.69, 9.17) is 25.3 Å². The first kappa shape index (κ1) is 20.8. The molecule has 0 aliphatic rings. The van der Waals surface area contributed by atoms with Crippen LogP contribution in [0, 0.1) is 0 Å². The fourth-order valence-electron chi connectivity index (χ4n) is 2.08. The second kappa shape index (κ2) is 9.43. The number of hydrogen-bond acceptors (Lipinski definition) is 6. The lowest BCUT2D eigenvalue weighted by Gasteiger charge is -2.12. The highest BCUT2D eigenvalue weighted by atomic mass is 35.5. The Morgan fingerprint density at radius 3 is 2.56 bits per heavy atom. The van der Waals surface area contributed by atoms with Crippen molar-refractivity contribution >= 4 is 33.8 Å². The predicted octanol–water partition coefficient (Wildman–Crippen LogP) is 4.08. The molecule has 2 aromatic rings. The molecule has 0 aliphatic heterocycles. The maximum absolute atomic E-state index is 12.5. The van der Waals surface area contributed by atoms with Gasteiger partial charge in [0.05, 0.1) is 18.7 Å². The summed E-state index contributed by atoms with van der Waals surface area (Å²) in [6.45, 7) is 2.25. The summed E-state index contributed by atoms with van der Waals surface area (Å²) in [5.74, 6) is -0.268. The number of benzene rings is 2. The highest BCUT2D eigenvalue weighted by Crippen LogP contribution is 2.32. The quantitative estimate of drug-likeness (QED) is 0.370. The van der Waals surface area contributed by atoms with Crippen LogP contribution in [0.4, 0.5) is 0 Å². The van der Waals surface area contributed by atoms with E-state index in [1.807, 2.05) is 6.92 Å². The molecule has 0 aromatic heterocycles. The average Bonchev–Trinajstić information content (AvgIpc) is 2.65. The summed E-state index contributed by atoms with van der Waals surface area (Å²) in [5.41, 5.74) is 0.614. The van der Waals surface area contributed by atoms with Crippen LogP contribution in [0.15, 0.2) is 53.4 Å². The van der Waals surface area contributed by atoms with Gasteiger partial charge in [0.25, 0.3) is 0 Å². The largest absolute Gasteiger partial charge is 0.493 e. The van der Waals surface area contributed by atoms with Crippen LogP contribution < -0.4 is 8.92 Å². The van der Waals surface area contributed by atoms with Gasteiger partial charge in [-0.05, 0) is 42.3 Å². The Hall–Kier alpha value is -2.51. The standard InChI is InChI=1S/C19H19ClO6S/c1-3-12-25-19(21)11-9-14-8-10-16(17(13-14)24-2)26-27(22,23)18-7-5-4-6-15(18)20/h4-11,13H,3,12H2,1-2H3. The zero-order chi connectivity index (χ0) is 19.9. The van der Waals surface area contributed by atoms with Gasteiger partial charge in [-0.25, -0.2) is 4.79 Å². The van der Waals surface area contributed by atoms with Crippen molar-refractivity contribution in [1.29, 1.82) is 0 Å². The second-order valence-electron chi connectivity index (χ2n) is 5.38. The van der Waals surface area contributed by atoms with Crippen molar-refractivity contribution < 1.29 is 26.9 Å². The van der Waals surface area contributed by atoms with Crippen LogP contribution in [-0.4, -0.2) is 28.1 Å². The molecule has 0 radical (unpaired) electrons. The molecule has 144 valence electrons. The van der Waals surface area contributed by atoms with E-state index < -0.39 is 16.1 Å². The van der Waals surface area contributed by atoms with E-state index >= 15 is 0 Å². The number of carbonyl (C=O) groups is 1. The van der Waals surface area contributed by atoms with E-state index in [-0.39, 0.29) is 21.4 Å². The van der Waals surface area contributed by atoms with E-state index in [9.17, 15) is 13.2 Å². The van der Waals surface area contributed by atoms with Crippen LogP contribution in [0.3, 0.4) is 0 Å². The van der Waals surface area contributed by atoms with Crippen molar-refractivity contribution in [3.05, 3.63) is 59.1 Å². The lowest BCUT2D eigenvalue weighted by atomic mass is 10.2. The zero-order valence-electron chi connectivity index (χ0n) is 14.8. The number of rotatable bonds is 8. The van der Waals surface area contributed by atoms with E-state index in [2.05, 4.69) is 0 Å². The molecule has 8 heteroatoms. The molecule has 27 heavy (non-hydrogen) atoms. The van der Waals surface area contributed by atoms with Gasteiger partial charge < -0.3 is 13.7 Å². The van der Waals surface area contributed by atoms with Crippen LogP contribution in [0.1, 0.15) is 18.9 Å². The highest BCUT2D eigenvalue weighted by Gasteiger charge is 2.21. The zero-order valence-corrected chi connectivity index (χ0v) is 16.4. The van der Waals surface area contributed by atoms with Gasteiger partial charge in [0.2, 0.25) is 0 Å². The van der Waals surface area contributed by atoms with Gasteiger partial charge in [-0.1, -0.05) is 36.7 Å². The van der Waals surface area contributed by atoms with E-state index in [0.717, 1.165) is 6.42 Å². The molecule has 0 heterocycles. The molecule has 0 saturated carbocycles. The Morgan fingerprint density at radius 2 is 1.89 bits per heavy atom. The van der Waals surface area contributed by atoms with Gasteiger partial charge in [-0.2, -0.15) is 8.42 Å². The van der Waals surface area contributed by atoms with Crippen molar-refractivity contribution in [2.24, 2.45) is 0 Å². The number of carbonyl (C=O) groups excluding carboxylic acids is 1. The first-order chi connectivity index (χ1) is 12.9. The Bertz CT molecular complexity index is 937. The molecular weight excluding hydrogens is 392 g/mol. The van der Waals surface area contributed by atoms with Crippen LogP contribution in [0.25, 0.3) is 6.08 Å². The minimum Gasteiger partial charge on any atom is -0.493 e. The third kappa shape index (κ3) is 5.74. The Balaban J connectivity index is 2.23. The molecule has 0 unspecified atom stereocenters. The normalized spacial score (nSPS) is 11.4. The number of hydrogen-bond donors (Lipinski definition) is 0. The predicted molar refractivity (Wildman–Crippen MR) is 103 cm³/mol. The molecule has 0 aliphatic carbocycles. The van der Waals surface area contributed by atoms with Crippen molar-refractivity contribution in [2.45, 2.75) is 18.2 Å². The molecule has 0 spiro atoms. The first-order valence-corrected chi connectivity index (χ1v) is 9.88. The summed E-state index contributed by atoms with van der Waals surface area (Å²) in [7, 11) is -2.75. The van der Waals surface area contributed by atoms with Crippen molar-refractivity contribution in [1.82, 2.24) is 0 Å². The lowest BCUT2D eigenvalue weighted by molar-refractivity contribution is -0.137. The van der Waals surface area contributed by atoms with Gasteiger partial charge in [-0.15, -0.1) is 0 Å². The fraction of sp³-hybridized carbons (Fsp3) is 0.211. The fourth-order valence-corrected chi connectivity index (χ4v) is 3.52. The Kier molecular flexibility index (Phi) is 7.27. The van der Waals surface area contributed by atoms with E-state index in [0.29, 0.717) is 12.2 Å². The van der Waals surface area contributed by atoms with Crippen LogP contribution in [0.5, 0.6) is 11.5 Å². The van der Waals surface area contributed by atoms with E-state index in [1.165, 1.54) is 37.5 Å². The van der Waals surface area contributed by atoms with Crippen molar-refractivity contribution in [3.63, 3.8) is 0 Å². The molecular formula is C19H19ClO6S. The van der Waals surface area contributed by atoms with Crippen LogP contribution in [0.2, 0.25) is 5.02 Å². The molecule has 0 saturated heterocycles. The molecule has 0 atom stereocenters. The Morgan fingerprint density at radius 1 is 1.15 bits per heavy atom. The first-order valence-electron chi connectivity index (χ1n) is 8.09. The van der Waals surface area contributed by atoms with Crippen LogP contribution >= 0.6 is 11.6 Å². The summed E-state index contributed by atoms with van der Waals surface area (Å²) in [6.07, 6.45) is 3.55. The van der Waals surface area contributed by atoms with Gasteiger partial charge in [0.1, 0.15) is 4.90 Å². The number of esters is 1. The molecule has 0 bridgehead atoms. The molecule has 6 nitrogen and oxygen atoms in total. The van der Waals surface area contributed by atoms with Gasteiger partial charge in [-0.3, -0.25) is 0 Å². The third-order valence-electron chi connectivity index (χ3n) is 3.35. The lowest BCUT2D eigenvalue weighted by Crippen LogP contribution is -2.11. The monoisotopic (exact) mass is 410 g/mol. The smallest absolute Gasteiger partial charge is 0.340 e. The topological polar surface area (TPSA) is 78.9 Å². The molecule has 2 rings (SSSR count). The van der Waals surface area contributed by atoms with Crippen molar-refractivity contribution in [3.8, 4) is 11.5 Å². The minimum absolute atomic E-state index is 0.00290. The number of ether oxygens (including phenoxy) is 2. The third-order valence-corrected chi connectivity index (χ3v) is 5.09. The number of halogens is 1. The van der Waals surface area contributed by atoms with Gasteiger partial charge >= 0.3 is 16.1 Å². The summed E-state index contributed by atoms with van der Waals surface area (Å²) >= 11 is 5.94. The minimum atomic E-state index is -4.13.